The molecule has 1 saturated carbocycles. The van der Waals surface area contributed by atoms with Gasteiger partial charge in [0.1, 0.15) is 17.2 Å². The number of amides is 2. The molecule has 1 fully saturated rings. The molecule has 2 unspecified atom stereocenters. The van der Waals surface area contributed by atoms with Crippen molar-refractivity contribution in [1.29, 1.82) is 0 Å². The third-order valence-corrected chi connectivity index (χ3v) is 3.99. The molecule has 4 N–H and O–H groups in total. The van der Waals surface area contributed by atoms with Crippen LogP contribution in [0.4, 0.5) is 8.78 Å². The Kier molecular flexibility index (Phi) is 8.07. The van der Waals surface area contributed by atoms with Gasteiger partial charge in [-0.2, -0.15) is 0 Å². The predicted octanol–water partition coefficient (Wildman–Crippen LogP) is 1.75. The van der Waals surface area contributed by atoms with Crippen LogP contribution in [0.3, 0.4) is 0 Å². The smallest absolute Gasteiger partial charge is 0.257 e. The number of nitrogens with two attached hydrogens (primary N) is 1. The number of hydrogen-bond donors (Lipinski definition) is 3. The Morgan fingerprint density at radius 2 is 1.75 bits per heavy atom. The summed E-state index contributed by atoms with van der Waals surface area (Å²) in [5, 5.41) is 5.10. The molecule has 0 spiro atoms. The number of carbonyl (C=O) groups is 2. The van der Waals surface area contributed by atoms with Crippen molar-refractivity contribution in [3.8, 4) is 0 Å². The molecule has 24 heavy (non-hydrogen) atoms. The van der Waals surface area contributed by atoms with E-state index >= 15 is 0 Å². The first-order valence-corrected chi connectivity index (χ1v) is 7.74. The molecule has 0 bridgehead atoms. The van der Waals surface area contributed by atoms with E-state index in [4.69, 9.17) is 5.73 Å². The minimum Gasteiger partial charge on any atom is -0.354 e. The van der Waals surface area contributed by atoms with Crippen LogP contribution >= 0.6 is 12.4 Å². The number of benzene rings is 1. The lowest BCUT2D eigenvalue weighted by atomic mass is 9.85. The van der Waals surface area contributed by atoms with Gasteiger partial charge in [-0.3, -0.25) is 9.59 Å². The normalized spacial score (nSPS) is 20.0. The largest absolute Gasteiger partial charge is 0.354 e. The summed E-state index contributed by atoms with van der Waals surface area (Å²) in [4.78, 5) is 23.7. The van der Waals surface area contributed by atoms with Gasteiger partial charge in [0.25, 0.3) is 5.91 Å². The van der Waals surface area contributed by atoms with Crippen LogP contribution in [-0.4, -0.2) is 30.9 Å². The van der Waals surface area contributed by atoms with Gasteiger partial charge < -0.3 is 16.4 Å². The van der Waals surface area contributed by atoms with Crippen LogP contribution in [0.25, 0.3) is 0 Å². The summed E-state index contributed by atoms with van der Waals surface area (Å²) >= 11 is 0. The molecule has 1 aliphatic carbocycles. The van der Waals surface area contributed by atoms with Gasteiger partial charge in [0.15, 0.2) is 0 Å². The van der Waals surface area contributed by atoms with E-state index in [9.17, 15) is 18.4 Å². The maximum absolute atomic E-state index is 13.4. The van der Waals surface area contributed by atoms with Crippen molar-refractivity contribution in [3.05, 3.63) is 35.4 Å². The van der Waals surface area contributed by atoms with Crippen LogP contribution < -0.4 is 16.4 Å². The molecule has 5 nitrogen and oxygen atoms in total. The molecular weight excluding hydrogens is 340 g/mol. The molecule has 2 amide bonds. The summed E-state index contributed by atoms with van der Waals surface area (Å²) in [7, 11) is 0. The Balaban J connectivity index is 0.00000288. The van der Waals surface area contributed by atoms with E-state index in [0.29, 0.717) is 6.42 Å². The Morgan fingerprint density at radius 1 is 1.12 bits per heavy atom. The number of hydrogen-bond acceptors (Lipinski definition) is 3. The molecule has 8 heteroatoms. The van der Waals surface area contributed by atoms with Gasteiger partial charge in [0, 0.05) is 25.0 Å². The second kappa shape index (κ2) is 9.54. The summed E-state index contributed by atoms with van der Waals surface area (Å²) < 4.78 is 26.9. The van der Waals surface area contributed by atoms with E-state index in [-0.39, 0.29) is 43.4 Å². The van der Waals surface area contributed by atoms with Crippen molar-refractivity contribution in [2.75, 3.05) is 13.1 Å². The van der Waals surface area contributed by atoms with Gasteiger partial charge in [0.05, 0.1) is 0 Å². The monoisotopic (exact) mass is 361 g/mol. The van der Waals surface area contributed by atoms with Crippen molar-refractivity contribution < 1.29 is 18.4 Å². The van der Waals surface area contributed by atoms with E-state index < -0.39 is 23.1 Å². The predicted molar refractivity (Wildman–Crippen MR) is 88.9 cm³/mol. The quantitative estimate of drug-likeness (QED) is 0.698. The lowest BCUT2D eigenvalue weighted by molar-refractivity contribution is -0.126. The van der Waals surface area contributed by atoms with Crippen LogP contribution in [0.1, 0.15) is 36.0 Å². The molecule has 0 aromatic heterocycles. The number of halogens is 3. The molecular formula is C16H22ClF2N3O2. The molecule has 134 valence electrons. The Bertz CT molecular complexity index is 566. The second-order valence-electron chi connectivity index (χ2n) is 5.77. The summed E-state index contributed by atoms with van der Waals surface area (Å²) in [6.45, 7) is 0.295. The minimum atomic E-state index is -0.914. The van der Waals surface area contributed by atoms with Crippen LogP contribution in [0.5, 0.6) is 0 Å². The van der Waals surface area contributed by atoms with E-state index in [2.05, 4.69) is 10.6 Å². The fourth-order valence-corrected chi connectivity index (χ4v) is 2.77. The molecule has 1 aromatic carbocycles. The second-order valence-corrected chi connectivity index (χ2v) is 5.77. The first-order valence-electron chi connectivity index (χ1n) is 7.74. The molecule has 2 rings (SSSR count). The van der Waals surface area contributed by atoms with Gasteiger partial charge >= 0.3 is 0 Å². The Morgan fingerprint density at radius 3 is 2.38 bits per heavy atom. The molecule has 2 atom stereocenters. The fraction of sp³-hybridized carbons (Fsp3) is 0.500. The van der Waals surface area contributed by atoms with Gasteiger partial charge in [-0.15, -0.1) is 12.4 Å². The van der Waals surface area contributed by atoms with Crippen molar-refractivity contribution in [2.24, 2.45) is 11.7 Å². The number of carbonyl (C=O) groups excluding carboxylic acids is 2. The number of nitrogens with one attached hydrogen (secondary N) is 2. The van der Waals surface area contributed by atoms with Crippen molar-refractivity contribution in [2.45, 2.75) is 31.7 Å². The average Bonchev–Trinajstić information content (AvgIpc) is 2.51. The zero-order valence-corrected chi connectivity index (χ0v) is 14.0. The standard InChI is InChI=1S/C16H21F2N3O2.ClH/c17-12-5-2-6-13(18)14(12)16(23)21-8-7-20-15(22)10-3-1-4-11(19)9-10;/h2,5-6,10-11H,1,3-4,7-9,19H2,(H,20,22)(H,21,23);1H. The van der Waals surface area contributed by atoms with Gasteiger partial charge in [-0.25, -0.2) is 8.78 Å². The third kappa shape index (κ3) is 5.42. The highest BCUT2D eigenvalue weighted by atomic mass is 35.5. The van der Waals surface area contributed by atoms with E-state index in [1.54, 1.807) is 0 Å². The van der Waals surface area contributed by atoms with Crippen LogP contribution in [0.2, 0.25) is 0 Å². The first-order chi connectivity index (χ1) is 11.0. The van der Waals surface area contributed by atoms with Crippen LogP contribution in [-0.2, 0) is 4.79 Å². The lowest BCUT2D eigenvalue weighted by Crippen LogP contribution is -2.41. The Labute approximate surface area is 145 Å². The fourth-order valence-electron chi connectivity index (χ4n) is 2.77. The topological polar surface area (TPSA) is 84.2 Å². The van der Waals surface area contributed by atoms with Crippen molar-refractivity contribution in [1.82, 2.24) is 10.6 Å². The zero-order valence-electron chi connectivity index (χ0n) is 13.2. The SMILES string of the molecule is Cl.NC1CCCC(C(=O)NCCNC(=O)c2c(F)cccc2F)C1. The highest BCUT2D eigenvalue weighted by molar-refractivity contribution is 5.94. The number of rotatable bonds is 5. The Hall–Kier alpha value is -1.73. The van der Waals surface area contributed by atoms with Crippen LogP contribution in [0.15, 0.2) is 18.2 Å². The van der Waals surface area contributed by atoms with E-state index in [1.165, 1.54) is 6.07 Å². The van der Waals surface area contributed by atoms with Gasteiger partial charge in [0.2, 0.25) is 5.91 Å². The van der Waals surface area contributed by atoms with Crippen molar-refractivity contribution >= 4 is 24.2 Å². The average molecular weight is 362 g/mol. The van der Waals surface area contributed by atoms with Crippen LogP contribution in [0, 0.1) is 17.6 Å². The maximum Gasteiger partial charge on any atom is 0.257 e. The summed E-state index contributed by atoms with van der Waals surface area (Å²) in [6.07, 6.45) is 3.35. The van der Waals surface area contributed by atoms with E-state index in [1.807, 2.05) is 0 Å². The molecule has 0 saturated heterocycles. The molecule has 0 radical (unpaired) electrons. The lowest BCUT2D eigenvalue weighted by Gasteiger charge is -2.25. The summed E-state index contributed by atoms with van der Waals surface area (Å²) in [5.41, 5.74) is 5.23. The summed E-state index contributed by atoms with van der Waals surface area (Å²) in [5.74, 6) is -2.86. The zero-order chi connectivity index (χ0) is 16.8. The maximum atomic E-state index is 13.4. The molecule has 0 aliphatic heterocycles. The minimum absolute atomic E-state index is 0. The summed E-state index contributed by atoms with van der Waals surface area (Å²) in [6, 6.07) is 3.29. The molecule has 1 aromatic rings. The van der Waals surface area contributed by atoms with Crippen molar-refractivity contribution in [3.63, 3.8) is 0 Å². The first kappa shape index (κ1) is 20.3. The van der Waals surface area contributed by atoms with E-state index in [0.717, 1.165) is 31.4 Å². The highest BCUT2D eigenvalue weighted by Gasteiger charge is 2.25. The molecule has 1 aliphatic rings. The third-order valence-electron chi connectivity index (χ3n) is 3.99. The van der Waals surface area contributed by atoms with Gasteiger partial charge in [-0.1, -0.05) is 12.5 Å². The molecule has 0 heterocycles. The van der Waals surface area contributed by atoms with Gasteiger partial charge in [-0.05, 0) is 31.4 Å². The highest BCUT2D eigenvalue weighted by Crippen LogP contribution is 2.22.